The van der Waals surface area contributed by atoms with Gasteiger partial charge in [-0.3, -0.25) is 14.4 Å². The number of anilines is 1. The molecule has 6 nitrogen and oxygen atoms in total. The number of nitrogens with zero attached hydrogens (tertiary/aromatic N) is 3. The number of para-hydroxylation sites is 1. The molecular weight excluding hydrogens is 294 g/mol. The van der Waals surface area contributed by atoms with E-state index in [-0.39, 0.29) is 11.9 Å². The molecule has 122 valence electrons. The van der Waals surface area contributed by atoms with Gasteiger partial charge >= 0.3 is 11.8 Å². The van der Waals surface area contributed by atoms with E-state index in [0.29, 0.717) is 26.2 Å². The molecule has 1 atom stereocenters. The summed E-state index contributed by atoms with van der Waals surface area (Å²) in [5, 5.41) is 0. The molecule has 3 rings (SSSR count). The Morgan fingerprint density at radius 1 is 0.957 bits per heavy atom. The van der Waals surface area contributed by atoms with Gasteiger partial charge in [0.15, 0.2) is 0 Å². The van der Waals surface area contributed by atoms with Crippen LogP contribution in [0.3, 0.4) is 0 Å². The van der Waals surface area contributed by atoms with Crippen LogP contribution in [0, 0.1) is 0 Å². The highest BCUT2D eigenvalue weighted by Crippen LogP contribution is 2.32. The number of piperazine rings is 1. The first-order valence-electron chi connectivity index (χ1n) is 7.95. The number of fused-ring (bicyclic) bond motifs is 1. The summed E-state index contributed by atoms with van der Waals surface area (Å²) < 4.78 is 0. The summed E-state index contributed by atoms with van der Waals surface area (Å²) in [5.41, 5.74) is 1.93. The summed E-state index contributed by atoms with van der Waals surface area (Å²) in [6.07, 6.45) is 0.771. The molecule has 6 heteroatoms. The van der Waals surface area contributed by atoms with Crippen LogP contribution in [0.2, 0.25) is 0 Å². The Morgan fingerprint density at radius 2 is 1.57 bits per heavy atom. The minimum absolute atomic E-state index is 0.00511. The van der Waals surface area contributed by atoms with E-state index in [4.69, 9.17) is 0 Å². The Labute approximate surface area is 135 Å². The van der Waals surface area contributed by atoms with Crippen LogP contribution in [-0.2, 0) is 20.8 Å². The fourth-order valence-corrected chi connectivity index (χ4v) is 3.34. The summed E-state index contributed by atoms with van der Waals surface area (Å²) in [4.78, 5) is 41.4. The molecule has 2 aliphatic rings. The lowest BCUT2D eigenvalue weighted by Crippen LogP contribution is -2.54. The zero-order valence-electron chi connectivity index (χ0n) is 13.5. The highest BCUT2D eigenvalue weighted by atomic mass is 16.2. The van der Waals surface area contributed by atoms with Crippen molar-refractivity contribution in [1.29, 1.82) is 0 Å². The van der Waals surface area contributed by atoms with Crippen LogP contribution in [0.25, 0.3) is 0 Å². The predicted octanol–water partition coefficient (Wildman–Crippen LogP) is 0.655. The summed E-state index contributed by atoms with van der Waals surface area (Å²) in [6.45, 7) is 5.27. The minimum atomic E-state index is -0.475. The maximum atomic E-state index is 12.7. The molecule has 1 aromatic carbocycles. The van der Waals surface area contributed by atoms with Gasteiger partial charge in [0.2, 0.25) is 5.91 Å². The third-order valence-electron chi connectivity index (χ3n) is 4.62. The average Bonchev–Trinajstić information content (AvgIpc) is 2.89. The van der Waals surface area contributed by atoms with Crippen molar-refractivity contribution in [3.63, 3.8) is 0 Å². The maximum absolute atomic E-state index is 12.7. The van der Waals surface area contributed by atoms with E-state index in [1.807, 2.05) is 31.2 Å². The summed E-state index contributed by atoms with van der Waals surface area (Å²) in [7, 11) is 0. The molecule has 0 N–H and O–H groups in total. The van der Waals surface area contributed by atoms with E-state index in [1.165, 1.54) is 6.92 Å². The van der Waals surface area contributed by atoms with Gasteiger partial charge in [-0.05, 0) is 25.0 Å². The molecule has 1 saturated heterocycles. The van der Waals surface area contributed by atoms with E-state index < -0.39 is 11.8 Å². The second kappa shape index (κ2) is 6.02. The Morgan fingerprint density at radius 3 is 2.22 bits per heavy atom. The van der Waals surface area contributed by atoms with Crippen LogP contribution in [0.5, 0.6) is 0 Å². The highest BCUT2D eigenvalue weighted by molar-refractivity contribution is 6.40. The summed E-state index contributed by atoms with van der Waals surface area (Å²) in [6, 6.07) is 7.70. The second-order valence-electron chi connectivity index (χ2n) is 6.16. The Balaban J connectivity index is 1.71. The van der Waals surface area contributed by atoms with Crippen LogP contribution in [0.1, 0.15) is 19.4 Å². The van der Waals surface area contributed by atoms with Crippen molar-refractivity contribution in [2.45, 2.75) is 26.3 Å². The maximum Gasteiger partial charge on any atom is 0.316 e. The predicted molar refractivity (Wildman–Crippen MR) is 85.9 cm³/mol. The van der Waals surface area contributed by atoms with Gasteiger partial charge in [-0.1, -0.05) is 18.2 Å². The Hall–Kier alpha value is -2.37. The van der Waals surface area contributed by atoms with Crippen molar-refractivity contribution in [2.75, 3.05) is 31.1 Å². The van der Waals surface area contributed by atoms with E-state index in [0.717, 1.165) is 17.7 Å². The first kappa shape index (κ1) is 15.5. The van der Waals surface area contributed by atoms with Gasteiger partial charge in [0.05, 0.1) is 0 Å². The van der Waals surface area contributed by atoms with Crippen LogP contribution in [0.15, 0.2) is 24.3 Å². The average molecular weight is 315 g/mol. The smallest absolute Gasteiger partial charge is 0.316 e. The number of hydrogen-bond acceptors (Lipinski definition) is 3. The van der Waals surface area contributed by atoms with Crippen molar-refractivity contribution in [2.24, 2.45) is 0 Å². The molecule has 0 aromatic heterocycles. The van der Waals surface area contributed by atoms with E-state index in [2.05, 4.69) is 0 Å². The van der Waals surface area contributed by atoms with Crippen molar-refractivity contribution in [3.05, 3.63) is 29.8 Å². The fourth-order valence-electron chi connectivity index (χ4n) is 3.34. The summed E-state index contributed by atoms with van der Waals surface area (Å²) in [5.74, 6) is -0.944. The SMILES string of the molecule is CC(=O)N1CCN(C(=O)C(=O)N2c3ccccc3CC2C)CC1. The van der Waals surface area contributed by atoms with Gasteiger partial charge < -0.3 is 14.7 Å². The minimum Gasteiger partial charge on any atom is -0.339 e. The lowest BCUT2D eigenvalue weighted by molar-refractivity contribution is -0.147. The molecule has 1 unspecified atom stereocenters. The van der Waals surface area contributed by atoms with E-state index in [9.17, 15) is 14.4 Å². The standard InChI is InChI=1S/C17H21N3O3/c1-12-11-14-5-3-4-6-15(14)20(12)17(23)16(22)19-9-7-18(8-10-19)13(2)21/h3-6,12H,7-11H2,1-2H3. The molecule has 2 aliphatic heterocycles. The number of carbonyl (C=O) groups excluding carboxylic acids is 3. The zero-order chi connectivity index (χ0) is 16.6. The molecule has 0 spiro atoms. The van der Waals surface area contributed by atoms with Crippen molar-refractivity contribution in [3.8, 4) is 0 Å². The number of carbonyl (C=O) groups is 3. The highest BCUT2D eigenvalue weighted by Gasteiger charge is 2.37. The number of benzene rings is 1. The molecule has 0 bridgehead atoms. The third kappa shape index (κ3) is 2.81. The second-order valence-corrected chi connectivity index (χ2v) is 6.16. The van der Waals surface area contributed by atoms with Gasteiger partial charge in [0, 0.05) is 44.8 Å². The van der Waals surface area contributed by atoms with Gasteiger partial charge in [-0.2, -0.15) is 0 Å². The Kier molecular flexibility index (Phi) is 4.07. The summed E-state index contributed by atoms with van der Waals surface area (Å²) >= 11 is 0. The van der Waals surface area contributed by atoms with Crippen molar-refractivity contribution < 1.29 is 14.4 Å². The largest absolute Gasteiger partial charge is 0.339 e. The van der Waals surface area contributed by atoms with Crippen molar-refractivity contribution in [1.82, 2.24) is 9.80 Å². The van der Waals surface area contributed by atoms with Crippen LogP contribution >= 0.6 is 0 Å². The monoisotopic (exact) mass is 315 g/mol. The lowest BCUT2D eigenvalue weighted by Gasteiger charge is -2.35. The number of rotatable bonds is 0. The van der Waals surface area contributed by atoms with Gasteiger partial charge in [0.1, 0.15) is 0 Å². The zero-order valence-corrected chi connectivity index (χ0v) is 13.5. The third-order valence-corrected chi connectivity index (χ3v) is 4.62. The molecule has 0 radical (unpaired) electrons. The normalized spacial score (nSPS) is 20.4. The van der Waals surface area contributed by atoms with Crippen LogP contribution in [-0.4, -0.2) is 59.7 Å². The lowest BCUT2D eigenvalue weighted by atomic mass is 10.1. The van der Waals surface area contributed by atoms with Gasteiger partial charge in [0.25, 0.3) is 0 Å². The first-order valence-corrected chi connectivity index (χ1v) is 7.95. The molecule has 23 heavy (non-hydrogen) atoms. The van der Waals surface area contributed by atoms with E-state index in [1.54, 1.807) is 14.7 Å². The van der Waals surface area contributed by atoms with Crippen LogP contribution in [0.4, 0.5) is 5.69 Å². The number of hydrogen-bond donors (Lipinski definition) is 0. The van der Waals surface area contributed by atoms with Crippen LogP contribution < -0.4 is 4.90 Å². The molecule has 1 aromatic rings. The molecule has 1 fully saturated rings. The molecule has 3 amide bonds. The topological polar surface area (TPSA) is 60.9 Å². The van der Waals surface area contributed by atoms with Gasteiger partial charge in [-0.15, -0.1) is 0 Å². The number of amides is 3. The molecular formula is C17H21N3O3. The molecule has 0 aliphatic carbocycles. The molecule has 0 saturated carbocycles. The fraction of sp³-hybridized carbons (Fsp3) is 0.471. The van der Waals surface area contributed by atoms with Crippen molar-refractivity contribution >= 4 is 23.4 Å². The Bertz CT molecular complexity index is 650. The van der Waals surface area contributed by atoms with Gasteiger partial charge in [-0.25, -0.2) is 0 Å². The first-order chi connectivity index (χ1) is 11.0. The molecule has 2 heterocycles. The quantitative estimate of drug-likeness (QED) is 0.661. The van der Waals surface area contributed by atoms with E-state index >= 15 is 0 Å².